The molecule has 8 heteroatoms. The molecule has 0 spiro atoms. The van der Waals surface area contributed by atoms with Gasteiger partial charge in [0.1, 0.15) is 5.84 Å². The molecule has 166 valence electrons. The lowest BCUT2D eigenvalue weighted by Gasteiger charge is -2.32. The maximum Gasteiger partial charge on any atom is 0.240 e. The van der Waals surface area contributed by atoms with E-state index in [1.807, 2.05) is 57.2 Å². The second-order valence-electron chi connectivity index (χ2n) is 9.56. The molecule has 0 saturated carbocycles. The highest BCUT2D eigenvalue weighted by atomic mass is 32.1. The average molecular weight is 442 g/mol. The SMILES string of the molecule is Cc1ncsc1-c1ccc(C2(C)N=C(C3CCCN3C(=O)C(N)C(C)(C)C)NO2)cc1. The van der Waals surface area contributed by atoms with Crippen LogP contribution in [-0.2, 0) is 15.4 Å². The van der Waals surface area contributed by atoms with Crippen LogP contribution >= 0.6 is 11.3 Å². The zero-order valence-corrected chi connectivity index (χ0v) is 19.6. The van der Waals surface area contributed by atoms with Gasteiger partial charge < -0.3 is 10.6 Å². The molecule has 1 fully saturated rings. The third-order valence-corrected chi connectivity index (χ3v) is 7.14. The van der Waals surface area contributed by atoms with Crippen LogP contribution in [0.15, 0.2) is 34.8 Å². The van der Waals surface area contributed by atoms with E-state index in [4.69, 9.17) is 15.6 Å². The summed E-state index contributed by atoms with van der Waals surface area (Å²) in [7, 11) is 0. The lowest BCUT2D eigenvalue weighted by Crippen LogP contribution is -2.54. The van der Waals surface area contributed by atoms with E-state index >= 15 is 0 Å². The number of hydrogen-bond donors (Lipinski definition) is 2. The number of rotatable bonds is 4. The Morgan fingerprint density at radius 3 is 2.68 bits per heavy atom. The third-order valence-electron chi connectivity index (χ3n) is 6.17. The van der Waals surface area contributed by atoms with E-state index in [2.05, 4.69) is 22.6 Å². The van der Waals surface area contributed by atoms with Crippen molar-refractivity contribution in [3.63, 3.8) is 0 Å². The topological polar surface area (TPSA) is 92.8 Å². The van der Waals surface area contributed by atoms with Crippen LogP contribution in [0.5, 0.6) is 0 Å². The summed E-state index contributed by atoms with van der Waals surface area (Å²) in [5.74, 6) is 0.661. The molecule has 1 amide bonds. The van der Waals surface area contributed by atoms with E-state index in [9.17, 15) is 4.79 Å². The fourth-order valence-corrected chi connectivity index (χ4v) is 4.88. The number of likely N-dealkylation sites (tertiary alicyclic amines) is 1. The minimum Gasteiger partial charge on any atom is -0.331 e. The monoisotopic (exact) mass is 441 g/mol. The lowest BCUT2D eigenvalue weighted by molar-refractivity contribution is -0.134. The second kappa shape index (κ2) is 8.00. The Hall–Kier alpha value is -2.29. The number of amides is 1. The number of amidine groups is 1. The molecule has 1 aromatic heterocycles. The molecule has 0 aliphatic carbocycles. The van der Waals surface area contributed by atoms with Gasteiger partial charge in [-0.05, 0) is 37.7 Å². The fraction of sp³-hybridized carbons (Fsp3) is 0.522. The van der Waals surface area contributed by atoms with Crippen molar-refractivity contribution in [1.29, 1.82) is 0 Å². The largest absolute Gasteiger partial charge is 0.331 e. The molecule has 7 nitrogen and oxygen atoms in total. The molecule has 3 N–H and O–H groups in total. The molecule has 3 heterocycles. The second-order valence-corrected chi connectivity index (χ2v) is 10.4. The molecule has 2 aliphatic rings. The number of aliphatic imine (C=N–C) groups is 1. The Kier molecular flexibility index (Phi) is 5.66. The molecule has 1 saturated heterocycles. The van der Waals surface area contributed by atoms with Gasteiger partial charge in [0, 0.05) is 12.1 Å². The van der Waals surface area contributed by atoms with Gasteiger partial charge in [0.25, 0.3) is 0 Å². The van der Waals surface area contributed by atoms with E-state index in [0.717, 1.165) is 29.7 Å². The molecule has 2 aliphatic heterocycles. The predicted octanol–water partition coefficient (Wildman–Crippen LogP) is 3.59. The molecule has 3 atom stereocenters. The van der Waals surface area contributed by atoms with Gasteiger partial charge >= 0.3 is 0 Å². The number of carbonyl (C=O) groups is 1. The van der Waals surface area contributed by atoms with Crippen LogP contribution < -0.4 is 11.2 Å². The quantitative estimate of drug-likeness (QED) is 0.756. The summed E-state index contributed by atoms with van der Waals surface area (Å²) in [5, 5.41) is 0. The zero-order valence-electron chi connectivity index (χ0n) is 18.8. The van der Waals surface area contributed by atoms with Gasteiger partial charge in [-0.25, -0.2) is 20.3 Å². The van der Waals surface area contributed by atoms with Crippen LogP contribution in [0.4, 0.5) is 0 Å². The Morgan fingerprint density at radius 1 is 1.35 bits per heavy atom. The van der Waals surface area contributed by atoms with Gasteiger partial charge in [-0.1, -0.05) is 45.0 Å². The Bertz CT molecular complexity index is 994. The number of nitrogens with two attached hydrogens (primary N) is 1. The van der Waals surface area contributed by atoms with Gasteiger partial charge in [0.2, 0.25) is 11.6 Å². The molecular weight excluding hydrogens is 410 g/mol. The van der Waals surface area contributed by atoms with Crippen molar-refractivity contribution in [2.45, 2.75) is 65.3 Å². The Balaban J connectivity index is 1.55. The van der Waals surface area contributed by atoms with E-state index < -0.39 is 11.8 Å². The normalized spacial score (nSPS) is 24.8. The van der Waals surface area contributed by atoms with Crippen LogP contribution in [0.2, 0.25) is 0 Å². The van der Waals surface area contributed by atoms with Crippen molar-refractivity contribution in [2.24, 2.45) is 16.1 Å². The first kappa shape index (κ1) is 21.9. The predicted molar refractivity (Wildman–Crippen MR) is 123 cm³/mol. The minimum absolute atomic E-state index is 0.0302. The Labute approximate surface area is 187 Å². The molecule has 2 aromatic rings. The summed E-state index contributed by atoms with van der Waals surface area (Å²) in [6, 6.07) is 7.54. The summed E-state index contributed by atoms with van der Waals surface area (Å²) in [4.78, 5) is 31.2. The number of thiazole rings is 1. The van der Waals surface area contributed by atoms with Crippen LogP contribution in [0.3, 0.4) is 0 Å². The van der Waals surface area contributed by atoms with Gasteiger partial charge in [-0.3, -0.25) is 4.79 Å². The van der Waals surface area contributed by atoms with Crippen molar-refractivity contribution in [3.8, 4) is 10.4 Å². The standard InChI is InChI=1S/C23H31N5O2S/c1-14-18(31-13-25-14)15-8-10-16(11-9-15)23(5)26-20(27-30-23)17-7-6-12-28(17)21(29)19(24)22(2,3)4/h8-11,13,17,19H,6-7,12,24H2,1-5H3,(H,26,27). The lowest BCUT2D eigenvalue weighted by atomic mass is 9.86. The molecular formula is C23H31N5O2S. The number of carbonyl (C=O) groups excluding carboxylic acids is 1. The van der Waals surface area contributed by atoms with Crippen LogP contribution in [0, 0.1) is 12.3 Å². The van der Waals surface area contributed by atoms with Gasteiger partial charge in [0.05, 0.1) is 28.2 Å². The minimum atomic E-state index is -0.847. The van der Waals surface area contributed by atoms with E-state index in [1.165, 1.54) is 4.88 Å². The molecule has 0 bridgehead atoms. The summed E-state index contributed by atoms with van der Waals surface area (Å²) in [5.41, 5.74) is 13.1. The number of aromatic nitrogens is 1. The number of hydrogen-bond acceptors (Lipinski definition) is 7. The average Bonchev–Trinajstić information content (AvgIpc) is 3.46. The maximum absolute atomic E-state index is 13.0. The summed E-state index contributed by atoms with van der Waals surface area (Å²) >= 11 is 1.63. The van der Waals surface area contributed by atoms with E-state index in [-0.39, 0.29) is 17.4 Å². The molecule has 31 heavy (non-hydrogen) atoms. The van der Waals surface area contributed by atoms with E-state index in [0.29, 0.717) is 12.4 Å². The molecule has 3 unspecified atom stereocenters. The number of benzene rings is 1. The number of nitrogens with one attached hydrogen (secondary N) is 1. The first-order chi connectivity index (χ1) is 14.6. The highest BCUT2D eigenvalue weighted by molar-refractivity contribution is 7.13. The smallest absolute Gasteiger partial charge is 0.240 e. The first-order valence-electron chi connectivity index (χ1n) is 10.7. The van der Waals surface area contributed by atoms with Crippen LogP contribution in [0.25, 0.3) is 10.4 Å². The van der Waals surface area contributed by atoms with Crippen molar-refractivity contribution < 1.29 is 9.63 Å². The first-order valence-corrected chi connectivity index (χ1v) is 11.6. The summed E-state index contributed by atoms with van der Waals surface area (Å²) in [6.07, 6.45) is 1.77. The van der Waals surface area contributed by atoms with Crippen molar-refractivity contribution in [3.05, 3.63) is 41.0 Å². The molecule has 0 radical (unpaired) electrons. The highest BCUT2D eigenvalue weighted by Gasteiger charge is 2.43. The third kappa shape index (κ3) is 4.12. The van der Waals surface area contributed by atoms with E-state index in [1.54, 1.807) is 11.3 Å². The van der Waals surface area contributed by atoms with Gasteiger partial charge in [0.15, 0.2) is 0 Å². The van der Waals surface area contributed by atoms with Crippen molar-refractivity contribution in [2.75, 3.05) is 6.54 Å². The van der Waals surface area contributed by atoms with Crippen molar-refractivity contribution >= 4 is 23.1 Å². The molecule has 4 rings (SSSR count). The fourth-order valence-electron chi connectivity index (χ4n) is 4.07. The van der Waals surface area contributed by atoms with Crippen LogP contribution in [-0.4, -0.2) is 40.3 Å². The van der Waals surface area contributed by atoms with Crippen molar-refractivity contribution in [1.82, 2.24) is 15.4 Å². The summed E-state index contributed by atoms with van der Waals surface area (Å²) < 4.78 is 0. The summed E-state index contributed by atoms with van der Waals surface area (Å²) in [6.45, 7) is 10.6. The van der Waals surface area contributed by atoms with Gasteiger partial charge in [-0.2, -0.15) is 0 Å². The van der Waals surface area contributed by atoms with Gasteiger partial charge in [-0.15, -0.1) is 11.3 Å². The highest BCUT2D eigenvalue weighted by Crippen LogP contribution is 2.35. The Morgan fingerprint density at radius 2 is 2.06 bits per heavy atom. The number of aryl methyl sites for hydroxylation is 1. The molecule has 1 aromatic carbocycles. The number of hydroxylamine groups is 1. The maximum atomic E-state index is 13.0. The van der Waals surface area contributed by atoms with Crippen LogP contribution in [0.1, 0.15) is 51.8 Å². The zero-order chi connectivity index (χ0) is 22.4. The number of nitrogens with zero attached hydrogens (tertiary/aromatic N) is 3.